The second kappa shape index (κ2) is 11.3. The molecule has 0 bridgehead atoms. The van der Waals surface area contributed by atoms with E-state index in [1.165, 1.54) is 12.1 Å². The van der Waals surface area contributed by atoms with Crippen LogP contribution < -0.4 is 9.47 Å². The molecular formula is C22H31F3O2. The van der Waals surface area contributed by atoms with Crippen molar-refractivity contribution < 1.29 is 22.6 Å². The minimum atomic E-state index is -0.998. The van der Waals surface area contributed by atoms with E-state index in [9.17, 15) is 13.2 Å². The smallest absolute Gasteiger partial charge is 0.204 e. The Morgan fingerprint density at radius 2 is 1.63 bits per heavy atom. The largest absolute Gasteiger partial charge is 0.490 e. The van der Waals surface area contributed by atoms with Crippen LogP contribution >= 0.6 is 0 Å². The van der Waals surface area contributed by atoms with Crippen LogP contribution in [0.2, 0.25) is 0 Å². The topological polar surface area (TPSA) is 18.5 Å². The Labute approximate surface area is 160 Å². The van der Waals surface area contributed by atoms with Gasteiger partial charge in [0, 0.05) is 0 Å². The van der Waals surface area contributed by atoms with Gasteiger partial charge < -0.3 is 9.47 Å². The lowest BCUT2D eigenvalue weighted by molar-refractivity contribution is 0.186. The first kappa shape index (κ1) is 21.6. The molecule has 0 unspecified atom stereocenters. The van der Waals surface area contributed by atoms with Crippen LogP contribution in [0.25, 0.3) is 0 Å². The summed E-state index contributed by atoms with van der Waals surface area (Å²) in [6.45, 7) is 4.68. The highest BCUT2D eigenvalue weighted by Gasteiger charge is 2.22. The molecule has 0 saturated heterocycles. The van der Waals surface area contributed by atoms with Gasteiger partial charge in [-0.3, -0.25) is 0 Å². The van der Waals surface area contributed by atoms with E-state index in [4.69, 9.17) is 9.47 Å². The summed E-state index contributed by atoms with van der Waals surface area (Å²) >= 11 is 0. The first-order valence-corrected chi connectivity index (χ1v) is 10.1. The van der Waals surface area contributed by atoms with Gasteiger partial charge in [0.25, 0.3) is 0 Å². The minimum absolute atomic E-state index is 0.0176. The first-order valence-electron chi connectivity index (χ1n) is 10.1. The predicted octanol–water partition coefficient (Wildman–Crippen LogP) is 6.98. The lowest BCUT2D eigenvalue weighted by Crippen LogP contribution is -2.19. The number of hydrogen-bond donors (Lipinski definition) is 0. The Bertz CT molecular complexity index is 608. The van der Waals surface area contributed by atoms with Gasteiger partial charge in [-0.05, 0) is 75.0 Å². The summed E-state index contributed by atoms with van der Waals surface area (Å²) in [5, 5.41) is 0. The van der Waals surface area contributed by atoms with Crippen LogP contribution in [0.1, 0.15) is 65.2 Å². The Balaban J connectivity index is 1.82. The number of halogens is 3. The van der Waals surface area contributed by atoms with Crippen molar-refractivity contribution in [1.29, 1.82) is 0 Å². The van der Waals surface area contributed by atoms with Crippen molar-refractivity contribution >= 4 is 0 Å². The number of unbranched alkanes of at least 4 members (excludes halogenated alkanes) is 1. The van der Waals surface area contributed by atoms with E-state index in [2.05, 4.69) is 0 Å². The van der Waals surface area contributed by atoms with Crippen LogP contribution in [0.3, 0.4) is 0 Å². The lowest BCUT2D eigenvalue weighted by atomic mass is 9.82. The van der Waals surface area contributed by atoms with Crippen molar-refractivity contribution in [2.45, 2.75) is 65.2 Å². The molecule has 1 aliphatic rings. The van der Waals surface area contributed by atoms with Crippen LogP contribution in [0, 0.1) is 23.5 Å². The second-order valence-electron chi connectivity index (χ2n) is 7.35. The maximum Gasteiger partial charge on any atom is 0.204 e. The van der Waals surface area contributed by atoms with E-state index >= 15 is 0 Å². The summed E-state index contributed by atoms with van der Waals surface area (Å²) in [6, 6.07) is 2.84. The van der Waals surface area contributed by atoms with E-state index in [-0.39, 0.29) is 29.2 Å². The highest BCUT2D eigenvalue weighted by atomic mass is 19.2. The molecule has 0 heterocycles. The van der Waals surface area contributed by atoms with Crippen molar-refractivity contribution in [2.75, 3.05) is 13.2 Å². The summed E-state index contributed by atoms with van der Waals surface area (Å²) in [6.07, 6.45) is 8.42. The van der Waals surface area contributed by atoms with Gasteiger partial charge in [-0.1, -0.05) is 20.3 Å². The van der Waals surface area contributed by atoms with Gasteiger partial charge in [0.2, 0.25) is 11.6 Å². The molecule has 0 aromatic heterocycles. The SMILES string of the molecule is CCCCOc1ccc(OCC2CCC(/C=C(\F)CCC)CC2)c(F)c1F. The number of allylic oxidation sites excluding steroid dienone is 2. The molecule has 2 rings (SSSR count). The fraction of sp³-hybridized carbons (Fsp3) is 0.636. The molecule has 1 aromatic rings. The molecule has 0 spiro atoms. The van der Waals surface area contributed by atoms with Crippen molar-refractivity contribution in [2.24, 2.45) is 11.8 Å². The van der Waals surface area contributed by atoms with E-state index in [0.717, 1.165) is 44.9 Å². The lowest BCUT2D eigenvalue weighted by Gasteiger charge is -2.27. The standard InChI is InChI=1S/C22H31F3O2/c1-3-5-13-26-19-11-12-20(22(25)21(19)24)27-15-17-9-7-16(8-10-17)14-18(23)6-4-2/h11-12,14,16-17H,3-10,13,15H2,1-2H3/b18-14-. The minimum Gasteiger partial charge on any atom is -0.490 e. The molecule has 0 radical (unpaired) electrons. The Morgan fingerprint density at radius 3 is 2.22 bits per heavy atom. The van der Waals surface area contributed by atoms with Gasteiger partial charge in [-0.15, -0.1) is 0 Å². The van der Waals surface area contributed by atoms with Gasteiger partial charge in [0.05, 0.1) is 19.0 Å². The van der Waals surface area contributed by atoms with Gasteiger partial charge >= 0.3 is 0 Å². The van der Waals surface area contributed by atoms with E-state index in [1.54, 1.807) is 6.08 Å². The van der Waals surface area contributed by atoms with Crippen LogP contribution in [-0.2, 0) is 0 Å². The van der Waals surface area contributed by atoms with Crippen LogP contribution in [-0.4, -0.2) is 13.2 Å². The second-order valence-corrected chi connectivity index (χ2v) is 7.35. The van der Waals surface area contributed by atoms with Gasteiger partial charge in [-0.2, -0.15) is 8.78 Å². The zero-order valence-corrected chi connectivity index (χ0v) is 16.4. The van der Waals surface area contributed by atoms with Crippen molar-refractivity contribution in [3.63, 3.8) is 0 Å². The van der Waals surface area contributed by atoms with Crippen molar-refractivity contribution in [1.82, 2.24) is 0 Å². The van der Waals surface area contributed by atoms with E-state index in [0.29, 0.717) is 19.6 Å². The fourth-order valence-corrected chi connectivity index (χ4v) is 3.37. The Morgan fingerprint density at radius 1 is 1.00 bits per heavy atom. The number of rotatable bonds is 10. The van der Waals surface area contributed by atoms with Crippen LogP contribution in [0.4, 0.5) is 13.2 Å². The summed E-state index contributed by atoms with van der Waals surface area (Å²) in [4.78, 5) is 0. The predicted molar refractivity (Wildman–Crippen MR) is 102 cm³/mol. The number of ether oxygens (including phenoxy) is 2. The fourth-order valence-electron chi connectivity index (χ4n) is 3.37. The zero-order valence-electron chi connectivity index (χ0n) is 16.4. The summed E-state index contributed by atoms with van der Waals surface area (Å²) in [5.41, 5.74) is 0. The molecule has 0 atom stereocenters. The molecule has 1 fully saturated rings. The van der Waals surface area contributed by atoms with Crippen molar-refractivity contribution in [3.8, 4) is 11.5 Å². The first-order chi connectivity index (χ1) is 13.0. The molecule has 1 aromatic carbocycles. The van der Waals surface area contributed by atoms with Gasteiger partial charge in [0.15, 0.2) is 11.5 Å². The molecule has 1 aliphatic carbocycles. The van der Waals surface area contributed by atoms with E-state index < -0.39 is 11.6 Å². The summed E-state index contributed by atoms with van der Waals surface area (Å²) in [5.74, 6) is -1.60. The van der Waals surface area contributed by atoms with Gasteiger partial charge in [-0.25, -0.2) is 4.39 Å². The van der Waals surface area contributed by atoms with Gasteiger partial charge in [0.1, 0.15) is 0 Å². The third-order valence-electron chi connectivity index (χ3n) is 5.04. The molecule has 27 heavy (non-hydrogen) atoms. The molecule has 5 heteroatoms. The monoisotopic (exact) mass is 384 g/mol. The quantitative estimate of drug-likeness (QED) is 0.405. The summed E-state index contributed by atoms with van der Waals surface area (Å²) in [7, 11) is 0. The number of hydrogen-bond acceptors (Lipinski definition) is 2. The summed E-state index contributed by atoms with van der Waals surface area (Å²) < 4.78 is 52.7. The highest BCUT2D eigenvalue weighted by molar-refractivity contribution is 5.35. The molecule has 2 nitrogen and oxygen atoms in total. The molecule has 0 amide bonds. The van der Waals surface area contributed by atoms with Crippen LogP contribution in [0.5, 0.6) is 11.5 Å². The highest BCUT2D eigenvalue weighted by Crippen LogP contribution is 2.33. The van der Waals surface area contributed by atoms with Crippen LogP contribution in [0.15, 0.2) is 24.0 Å². The molecule has 1 saturated carbocycles. The molecular weight excluding hydrogens is 353 g/mol. The molecule has 0 aliphatic heterocycles. The average molecular weight is 384 g/mol. The maximum atomic E-state index is 14.2. The normalized spacial score (nSPS) is 20.6. The Kier molecular flexibility index (Phi) is 9.02. The number of benzene rings is 1. The van der Waals surface area contributed by atoms with E-state index in [1.807, 2.05) is 13.8 Å². The van der Waals surface area contributed by atoms with Crippen molar-refractivity contribution in [3.05, 3.63) is 35.7 Å². The molecule has 0 N–H and O–H groups in total. The third-order valence-corrected chi connectivity index (χ3v) is 5.04. The average Bonchev–Trinajstić information content (AvgIpc) is 2.66. The zero-order chi connectivity index (χ0) is 19.6. The maximum absolute atomic E-state index is 14.2. The Hall–Kier alpha value is -1.65. The third kappa shape index (κ3) is 6.78. The molecule has 152 valence electrons.